The van der Waals surface area contributed by atoms with E-state index in [4.69, 9.17) is 10.8 Å². The molecule has 7 nitrogen and oxygen atoms in total. The number of aromatic carboxylic acids is 1. The molecule has 0 radical (unpaired) electrons. The van der Waals surface area contributed by atoms with Gasteiger partial charge in [0, 0.05) is 25.7 Å². The monoisotopic (exact) mass is 280 g/mol. The summed E-state index contributed by atoms with van der Waals surface area (Å²) in [6.07, 6.45) is 1.52. The predicted octanol–water partition coefficient (Wildman–Crippen LogP) is 0.936. The van der Waals surface area contributed by atoms with Crippen LogP contribution in [0.5, 0.6) is 0 Å². The first-order chi connectivity index (χ1) is 9.40. The van der Waals surface area contributed by atoms with E-state index in [1.54, 1.807) is 0 Å². The van der Waals surface area contributed by atoms with Crippen molar-refractivity contribution in [3.8, 4) is 0 Å². The second-order valence-electron chi connectivity index (χ2n) is 4.84. The van der Waals surface area contributed by atoms with Crippen LogP contribution in [0.4, 0.5) is 11.5 Å². The molecule has 1 aromatic heterocycles. The Hall–Kier alpha value is -2.31. The summed E-state index contributed by atoms with van der Waals surface area (Å²) >= 11 is 0. The van der Waals surface area contributed by atoms with E-state index < -0.39 is 5.97 Å². The number of nitrogens with two attached hydrogens (primary N) is 1. The molecule has 0 aliphatic carbocycles. The van der Waals surface area contributed by atoms with Crippen LogP contribution in [0.15, 0.2) is 12.3 Å². The summed E-state index contributed by atoms with van der Waals surface area (Å²) in [5.41, 5.74) is 5.96. The zero-order valence-electron chi connectivity index (χ0n) is 11.6. The second kappa shape index (κ2) is 7.32. The molecule has 0 spiro atoms. The Morgan fingerprint density at radius 1 is 1.45 bits per heavy atom. The Morgan fingerprint density at radius 3 is 2.70 bits per heavy atom. The first kappa shape index (κ1) is 15.7. The van der Waals surface area contributed by atoms with Crippen molar-refractivity contribution in [3.05, 3.63) is 17.8 Å². The fourth-order valence-corrected chi connectivity index (χ4v) is 1.45. The molecule has 0 saturated heterocycles. The van der Waals surface area contributed by atoms with Crippen molar-refractivity contribution in [2.75, 3.05) is 24.1 Å². The third-order valence-corrected chi connectivity index (χ3v) is 2.52. The number of hydrogen-bond donors (Lipinski definition) is 4. The molecule has 1 rings (SSSR count). The molecule has 1 aromatic rings. The first-order valence-electron chi connectivity index (χ1n) is 6.39. The summed E-state index contributed by atoms with van der Waals surface area (Å²) in [7, 11) is 0. The quantitative estimate of drug-likeness (QED) is 0.590. The number of carbonyl (C=O) groups excluding carboxylic acids is 1. The van der Waals surface area contributed by atoms with Crippen LogP contribution in [0.25, 0.3) is 0 Å². The van der Waals surface area contributed by atoms with Gasteiger partial charge in [0.15, 0.2) is 0 Å². The van der Waals surface area contributed by atoms with E-state index in [2.05, 4.69) is 15.6 Å². The van der Waals surface area contributed by atoms with Gasteiger partial charge in [-0.25, -0.2) is 9.78 Å². The minimum Gasteiger partial charge on any atom is -0.478 e. The number of pyridine rings is 1. The predicted molar refractivity (Wildman–Crippen MR) is 76.6 cm³/mol. The van der Waals surface area contributed by atoms with Gasteiger partial charge >= 0.3 is 5.97 Å². The SMILES string of the molecule is CC(C)CNC(=O)CCNc1ncc(C(=O)O)cc1N. The van der Waals surface area contributed by atoms with Crippen LogP contribution < -0.4 is 16.4 Å². The van der Waals surface area contributed by atoms with Crippen LogP contribution in [0.1, 0.15) is 30.6 Å². The number of nitrogens with zero attached hydrogens (tertiary/aromatic N) is 1. The molecule has 1 amide bonds. The summed E-state index contributed by atoms with van der Waals surface area (Å²) in [4.78, 5) is 26.1. The Bertz CT molecular complexity index is 489. The van der Waals surface area contributed by atoms with Gasteiger partial charge < -0.3 is 21.5 Å². The number of carboxylic acids is 1. The van der Waals surface area contributed by atoms with Crippen molar-refractivity contribution < 1.29 is 14.7 Å². The number of nitrogens with one attached hydrogen (secondary N) is 2. The largest absolute Gasteiger partial charge is 0.478 e. The Morgan fingerprint density at radius 2 is 2.15 bits per heavy atom. The van der Waals surface area contributed by atoms with Crippen LogP contribution >= 0.6 is 0 Å². The van der Waals surface area contributed by atoms with Crippen LogP contribution in [0.3, 0.4) is 0 Å². The maximum atomic E-state index is 11.5. The van der Waals surface area contributed by atoms with Crippen molar-refractivity contribution in [1.29, 1.82) is 0 Å². The van der Waals surface area contributed by atoms with Crippen molar-refractivity contribution in [2.24, 2.45) is 5.92 Å². The highest BCUT2D eigenvalue weighted by molar-refractivity contribution is 5.89. The van der Waals surface area contributed by atoms with Gasteiger partial charge in [-0.15, -0.1) is 0 Å². The standard InChI is InChI=1S/C13H20N4O3/c1-8(2)6-16-11(18)3-4-15-12-10(14)5-9(7-17-12)13(19)20/h5,7-8H,3-4,6,14H2,1-2H3,(H,15,17)(H,16,18)(H,19,20). The minimum absolute atomic E-state index is 0.0303. The molecule has 0 fully saturated rings. The maximum absolute atomic E-state index is 11.5. The highest BCUT2D eigenvalue weighted by atomic mass is 16.4. The number of carboxylic acid groups (broad SMARTS) is 1. The number of nitrogen functional groups attached to an aromatic ring is 1. The smallest absolute Gasteiger partial charge is 0.337 e. The van der Waals surface area contributed by atoms with Gasteiger partial charge in [0.2, 0.25) is 5.91 Å². The van der Waals surface area contributed by atoms with Crippen LogP contribution in [-0.2, 0) is 4.79 Å². The Labute approximate surface area is 117 Å². The molecule has 7 heteroatoms. The molecule has 0 bridgehead atoms. The normalized spacial score (nSPS) is 10.3. The van der Waals surface area contributed by atoms with Crippen molar-refractivity contribution in [2.45, 2.75) is 20.3 Å². The highest BCUT2D eigenvalue weighted by Gasteiger charge is 2.08. The molecule has 5 N–H and O–H groups in total. The highest BCUT2D eigenvalue weighted by Crippen LogP contribution is 2.16. The number of hydrogen-bond acceptors (Lipinski definition) is 5. The fourth-order valence-electron chi connectivity index (χ4n) is 1.45. The lowest BCUT2D eigenvalue weighted by Crippen LogP contribution is -2.28. The van der Waals surface area contributed by atoms with Gasteiger partial charge in [-0.1, -0.05) is 13.8 Å². The van der Waals surface area contributed by atoms with Gasteiger partial charge in [-0.2, -0.15) is 0 Å². The van der Waals surface area contributed by atoms with E-state index in [-0.39, 0.29) is 17.2 Å². The average Bonchev–Trinajstić information content (AvgIpc) is 2.38. The number of carbonyl (C=O) groups is 2. The van der Waals surface area contributed by atoms with E-state index >= 15 is 0 Å². The number of anilines is 2. The molecule has 0 unspecified atom stereocenters. The molecule has 110 valence electrons. The van der Waals surface area contributed by atoms with Gasteiger partial charge in [0.1, 0.15) is 5.82 Å². The van der Waals surface area contributed by atoms with Gasteiger partial charge in [0.25, 0.3) is 0 Å². The fraction of sp³-hybridized carbons (Fsp3) is 0.462. The molecule has 0 aliphatic rings. The van der Waals surface area contributed by atoms with Gasteiger partial charge in [-0.3, -0.25) is 4.79 Å². The molecule has 1 heterocycles. The molecule has 20 heavy (non-hydrogen) atoms. The van der Waals surface area contributed by atoms with Crippen molar-refractivity contribution in [1.82, 2.24) is 10.3 Å². The first-order valence-corrected chi connectivity index (χ1v) is 6.39. The van der Waals surface area contributed by atoms with Crippen LogP contribution in [-0.4, -0.2) is 35.1 Å². The molecular formula is C13H20N4O3. The Balaban J connectivity index is 2.42. The number of rotatable bonds is 7. The number of aromatic nitrogens is 1. The van der Waals surface area contributed by atoms with Crippen LogP contribution in [0.2, 0.25) is 0 Å². The van der Waals surface area contributed by atoms with Crippen molar-refractivity contribution >= 4 is 23.4 Å². The van der Waals surface area contributed by atoms with E-state index in [0.717, 1.165) is 0 Å². The molecule has 0 aliphatic heterocycles. The summed E-state index contributed by atoms with van der Waals surface area (Å²) in [6, 6.07) is 1.33. The average molecular weight is 280 g/mol. The third kappa shape index (κ3) is 5.13. The van der Waals surface area contributed by atoms with Gasteiger partial charge in [0.05, 0.1) is 11.3 Å². The van der Waals surface area contributed by atoms with E-state index in [9.17, 15) is 9.59 Å². The summed E-state index contributed by atoms with van der Waals surface area (Å²) in [6.45, 7) is 5.07. The topological polar surface area (TPSA) is 117 Å². The Kier molecular flexibility index (Phi) is 5.76. The van der Waals surface area contributed by atoms with Crippen molar-refractivity contribution in [3.63, 3.8) is 0 Å². The molecule has 0 aromatic carbocycles. The summed E-state index contributed by atoms with van der Waals surface area (Å²) in [5.74, 6) is -0.338. The molecule has 0 saturated carbocycles. The zero-order valence-corrected chi connectivity index (χ0v) is 11.6. The van der Waals surface area contributed by atoms with Gasteiger partial charge in [-0.05, 0) is 12.0 Å². The third-order valence-electron chi connectivity index (χ3n) is 2.52. The summed E-state index contributed by atoms with van der Waals surface area (Å²) in [5, 5.41) is 14.5. The minimum atomic E-state index is -1.08. The maximum Gasteiger partial charge on any atom is 0.337 e. The summed E-state index contributed by atoms with van der Waals surface area (Å²) < 4.78 is 0. The van der Waals surface area contributed by atoms with E-state index in [0.29, 0.717) is 31.2 Å². The second-order valence-corrected chi connectivity index (χ2v) is 4.84. The number of amides is 1. The lowest BCUT2D eigenvalue weighted by molar-refractivity contribution is -0.120. The van der Waals surface area contributed by atoms with Crippen LogP contribution in [0, 0.1) is 5.92 Å². The zero-order chi connectivity index (χ0) is 15.1. The lowest BCUT2D eigenvalue weighted by Gasteiger charge is -2.10. The molecule has 0 atom stereocenters. The lowest BCUT2D eigenvalue weighted by atomic mass is 10.2. The molecular weight excluding hydrogens is 260 g/mol. The van der Waals surface area contributed by atoms with E-state index in [1.807, 2.05) is 13.8 Å². The van der Waals surface area contributed by atoms with E-state index in [1.165, 1.54) is 12.3 Å².